The van der Waals surface area contributed by atoms with Crippen LogP contribution in [0.4, 0.5) is 0 Å². The third-order valence-corrected chi connectivity index (χ3v) is 7.97. The van der Waals surface area contributed by atoms with Crippen LogP contribution in [0.5, 0.6) is 0 Å². The molecule has 9 rings (SSSR count). The van der Waals surface area contributed by atoms with Gasteiger partial charge in [0.25, 0.3) is 0 Å². The maximum absolute atomic E-state index is 9.46. The number of fused-ring (bicyclic) bond motifs is 5. The van der Waals surface area contributed by atoms with Gasteiger partial charge in [-0.15, -0.1) is 0 Å². The predicted octanol–water partition coefficient (Wildman–Crippen LogP) is 12.6. The molecule has 0 aliphatic rings. The Kier molecular flexibility index (Phi) is 3.28. The van der Waals surface area contributed by atoms with E-state index in [-0.39, 0.29) is 45.2 Å². The monoisotopic (exact) mass is 588 g/mol. The van der Waals surface area contributed by atoms with Crippen molar-refractivity contribution in [1.82, 2.24) is 0 Å². The molecule has 45 heavy (non-hydrogen) atoms. The predicted molar refractivity (Wildman–Crippen MR) is 190 cm³/mol. The molecule has 1 aromatic heterocycles. The molecule has 9 aromatic rings. The summed E-state index contributed by atoms with van der Waals surface area (Å²) in [6, 6.07) is 12.5. The minimum atomic E-state index is -0.697. The van der Waals surface area contributed by atoms with Crippen molar-refractivity contribution in [3.8, 4) is 44.5 Å². The van der Waals surface area contributed by atoms with Gasteiger partial charge in [-0.3, -0.25) is 0 Å². The van der Waals surface area contributed by atoms with Gasteiger partial charge in [0.15, 0.2) is 0 Å². The van der Waals surface area contributed by atoms with Gasteiger partial charge in [-0.25, -0.2) is 0 Å². The molecule has 0 aliphatic heterocycles. The van der Waals surface area contributed by atoms with Crippen molar-refractivity contribution in [3.05, 3.63) is 169 Å². The van der Waals surface area contributed by atoms with Gasteiger partial charge >= 0.3 is 0 Å². The summed E-state index contributed by atoms with van der Waals surface area (Å²) in [5.74, 6) is 0. The average molecular weight is 589 g/mol. The van der Waals surface area contributed by atoms with Crippen LogP contribution in [0.2, 0.25) is 0 Å². The fourth-order valence-electron chi connectivity index (χ4n) is 6.13. The van der Waals surface area contributed by atoms with Crippen molar-refractivity contribution >= 4 is 43.5 Å². The Bertz CT molecular complexity index is 3330. The number of hydrogen-bond donors (Lipinski definition) is 0. The molecule has 0 bridgehead atoms. The van der Waals surface area contributed by atoms with E-state index in [1.807, 2.05) is 12.1 Å². The summed E-state index contributed by atoms with van der Waals surface area (Å²) in [6.07, 6.45) is 0. The molecule has 1 heteroatoms. The van der Waals surface area contributed by atoms with Gasteiger partial charge in [0, 0.05) is 10.8 Å². The van der Waals surface area contributed by atoms with E-state index >= 15 is 0 Å². The molecule has 0 atom stereocenters. The summed E-state index contributed by atoms with van der Waals surface area (Å²) in [4.78, 5) is 0. The van der Waals surface area contributed by atoms with Gasteiger partial charge in [-0.1, -0.05) is 151 Å². The van der Waals surface area contributed by atoms with Crippen LogP contribution in [0.15, 0.2) is 174 Å². The van der Waals surface area contributed by atoms with E-state index in [1.165, 1.54) is 0 Å². The van der Waals surface area contributed by atoms with Crippen molar-refractivity contribution in [2.24, 2.45) is 0 Å². The number of benzene rings is 8. The lowest BCUT2D eigenvalue weighted by molar-refractivity contribution is 0.669. The first-order valence-electron chi connectivity index (χ1n) is 22.1. The van der Waals surface area contributed by atoms with E-state index in [0.29, 0.717) is 43.8 Å². The molecule has 0 fully saturated rings. The zero-order valence-corrected chi connectivity index (χ0v) is 23.3. The van der Waals surface area contributed by atoms with E-state index in [9.17, 15) is 4.11 Å². The molecule has 0 radical (unpaired) electrons. The van der Waals surface area contributed by atoms with Crippen molar-refractivity contribution in [2.75, 3.05) is 0 Å². The second kappa shape index (κ2) is 10.4. The molecule has 0 unspecified atom stereocenters. The fourth-order valence-corrected chi connectivity index (χ4v) is 6.13. The van der Waals surface area contributed by atoms with E-state index in [0.717, 1.165) is 0 Å². The molecule has 210 valence electrons. The third-order valence-electron chi connectivity index (χ3n) is 7.97. The van der Waals surface area contributed by atoms with Crippen LogP contribution < -0.4 is 0 Å². The SMILES string of the molecule is [2H]c1c([2H])c([2H])c(-c2ccccc2-c2c3ccccc3c(-c3c([2H])c([2H])c([2H])c4oc5c([2H])c(-c6c([2H])c([2H])c([2H])c([2H])c6[2H])c([2H])c([2H])c5c34)c3ccccc23)c([2H])c1[2H]. The Morgan fingerprint density at radius 2 is 0.933 bits per heavy atom. The smallest absolute Gasteiger partial charge is 0.136 e. The molecule has 0 aliphatic carbocycles. The van der Waals surface area contributed by atoms with Gasteiger partial charge < -0.3 is 4.42 Å². The Balaban J connectivity index is 1.44. The number of furan rings is 1. The highest BCUT2D eigenvalue weighted by Crippen LogP contribution is 2.48. The first kappa shape index (κ1) is 14.2. The van der Waals surface area contributed by atoms with E-state index in [1.54, 1.807) is 60.7 Å². The normalized spacial score (nSPS) is 16.5. The molecule has 1 heterocycles. The Morgan fingerprint density at radius 1 is 0.378 bits per heavy atom. The highest BCUT2D eigenvalue weighted by molar-refractivity contribution is 6.26. The van der Waals surface area contributed by atoms with Gasteiger partial charge in [0.2, 0.25) is 0 Å². The number of hydrogen-bond acceptors (Lipinski definition) is 1. The van der Waals surface area contributed by atoms with Crippen LogP contribution in [0.3, 0.4) is 0 Å². The van der Waals surface area contributed by atoms with Gasteiger partial charge in [-0.05, 0) is 84.2 Å². The van der Waals surface area contributed by atoms with Crippen molar-refractivity contribution in [1.29, 1.82) is 0 Å². The molecule has 0 amide bonds. The van der Waals surface area contributed by atoms with Gasteiger partial charge in [-0.2, -0.15) is 0 Å². The van der Waals surface area contributed by atoms with E-state index < -0.39 is 95.7 Å². The van der Waals surface area contributed by atoms with Crippen LogP contribution >= 0.6 is 0 Å². The van der Waals surface area contributed by atoms with Crippen molar-refractivity contribution in [3.63, 3.8) is 0 Å². The molecular weight excluding hydrogens is 544 g/mol. The Labute approximate surface area is 284 Å². The van der Waals surface area contributed by atoms with E-state index in [4.69, 9.17) is 22.2 Å². The summed E-state index contributed by atoms with van der Waals surface area (Å²) < 4.78 is 146. The van der Waals surface area contributed by atoms with Crippen LogP contribution in [0, 0.1) is 0 Å². The Hall–Kier alpha value is -5.92. The lowest BCUT2D eigenvalue weighted by Gasteiger charge is -2.20. The summed E-state index contributed by atoms with van der Waals surface area (Å²) >= 11 is 0. The molecule has 0 spiro atoms. The maximum atomic E-state index is 9.46. The minimum Gasteiger partial charge on any atom is -0.456 e. The summed E-state index contributed by atoms with van der Waals surface area (Å²) in [5.41, 5.74) is 0.504. The van der Waals surface area contributed by atoms with Crippen molar-refractivity contribution < 1.29 is 26.3 Å². The summed E-state index contributed by atoms with van der Waals surface area (Å²) in [6.45, 7) is 0. The quantitative estimate of drug-likeness (QED) is 0.186. The summed E-state index contributed by atoms with van der Waals surface area (Å²) in [5, 5.41) is 2.15. The molecule has 0 saturated carbocycles. The molecular formula is C44H28O. The first-order chi connectivity index (χ1) is 29.0. The highest BCUT2D eigenvalue weighted by Gasteiger charge is 2.21. The average Bonchev–Trinajstić information content (AvgIpc) is 3.67. The number of rotatable bonds is 4. The van der Waals surface area contributed by atoms with Gasteiger partial charge in [0.1, 0.15) is 11.2 Å². The highest BCUT2D eigenvalue weighted by atomic mass is 16.3. The van der Waals surface area contributed by atoms with Gasteiger partial charge in [0.05, 0.1) is 21.9 Å². The van der Waals surface area contributed by atoms with Crippen LogP contribution in [-0.2, 0) is 0 Å². The maximum Gasteiger partial charge on any atom is 0.136 e. The third kappa shape index (κ3) is 4.09. The molecule has 0 N–H and O–H groups in total. The second-order valence-electron chi connectivity index (χ2n) is 10.4. The zero-order valence-electron chi connectivity index (χ0n) is 39.3. The first-order valence-corrected chi connectivity index (χ1v) is 14.1. The van der Waals surface area contributed by atoms with Crippen LogP contribution in [0.1, 0.15) is 21.9 Å². The molecule has 0 saturated heterocycles. The standard InChI is InChI=1S/C44H28O/c1-3-14-29(15-4-1)31-26-27-38-41(28-31)45-40-25-13-24-39(44(38)40)43-36-22-11-9-20-34(36)42(35-21-10-12-23-37(35)43)33-19-8-7-18-32(33)30-16-5-2-6-17-30/h1-28H/i1D,2D,3D,4D,5D,6D,13D,14D,15D,16D,17D,24D,25D,26D,27D,28D. The zero-order chi connectivity index (χ0) is 43.7. The second-order valence-corrected chi connectivity index (χ2v) is 10.4. The minimum absolute atomic E-state index is 0.00296. The topological polar surface area (TPSA) is 13.1 Å². The van der Waals surface area contributed by atoms with E-state index in [2.05, 4.69) is 0 Å². The fraction of sp³-hybridized carbons (Fsp3) is 0. The Morgan fingerprint density at radius 3 is 1.58 bits per heavy atom. The van der Waals surface area contributed by atoms with Crippen LogP contribution in [-0.4, -0.2) is 0 Å². The largest absolute Gasteiger partial charge is 0.456 e. The lowest BCUT2D eigenvalue weighted by atomic mass is 9.83. The molecule has 1 nitrogen and oxygen atoms in total. The summed E-state index contributed by atoms with van der Waals surface area (Å²) in [7, 11) is 0. The van der Waals surface area contributed by atoms with Crippen molar-refractivity contribution in [2.45, 2.75) is 0 Å². The van der Waals surface area contributed by atoms with Crippen LogP contribution in [0.25, 0.3) is 88.0 Å². The lowest BCUT2D eigenvalue weighted by Crippen LogP contribution is -1.93. The molecule has 8 aromatic carbocycles.